The van der Waals surface area contributed by atoms with Crippen molar-refractivity contribution in [2.24, 2.45) is 0 Å². The number of anilines is 1. The fourth-order valence-corrected chi connectivity index (χ4v) is 5.15. The average molecular weight is 374 g/mol. The standard InChI is InChI=1S/C14H20BrN3O2S/c15-10-3-4-14(13(16)8-10)21(19,20)17-11-5-7-18-6-1-2-12(18)9-11/h3-4,8,11-12,17H,1-2,5-7,9,16H2. The zero-order chi connectivity index (χ0) is 15.0. The number of fused-ring (bicyclic) bond motifs is 1. The van der Waals surface area contributed by atoms with Crippen molar-refractivity contribution in [1.29, 1.82) is 0 Å². The molecule has 3 rings (SSSR count). The molecule has 0 radical (unpaired) electrons. The van der Waals surface area contributed by atoms with Crippen molar-refractivity contribution >= 4 is 31.6 Å². The number of piperidine rings is 1. The van der Waals surface area contributed by atoms with Gasteiger partial charge in [0.1, 0.15) is 4.90 Å². The van der Waals surface area contributed by atoms with Gasteiger partial charge in [-0.1, -0.05) is 15.9 Å². The lowest BCUT2D eigenvalue weighted by Gasteiger charge is -2.35. The van der Waals surface area contributed by atoms with Crippen LogP contribution in [0.15, 0.2) is 27.6 Å². The van der Waals surface area contributed by atoms with Crippen LogP contribution in [0, 0.1) is 0 Å². The van der Waals surface area contributed by atoms with Gasteiger partial charge in [-0.05, 0) is 57.0 Å². The summed E-state index contributed by atoms with van der Waals surface area (Å²) in [4.78, 5) is 2.64. The molecule has 2 aliphatic rings. The Morgan fingerprint density at radius 2 is 2.10 bits per heavy atom. The number of rotatable bonds is 3. The van der Waals surface area contributed by atoms with Crippen LogP contribution in [0.5, 0.6) is 0 Å². The summed E-state index contributed by atoms with van der Waals surface area (Å²) in [6, 6.07) is 5.41. The second kappa shape index (κ2) is 5.87. The molecule has 5 nitrogen and oxygen atoms in total. The molecule has 2 fully saturated rings. The van der Waals surface area contributed by atoms with Gasteiger partial charge in [0.05, 0.1) is 5.69 Å². The smallest absolute Gasteiger partial charge is 0.242 e. The van der Waals surface area contributed by atoms with Crippen molar-refractivity contribution in [2.45, 2.75) is 42.7 Å². The van der Waals surface area contributed by atoms with Gasteiger partial charge in [0, 0.05) is 16.6 Å². The number of benzene rings is 1. The molecule has 2 saturated heterocycles. The van der Waals surface area contributed by atoms with Crippen LogP contribution in [-0.2, 0) is 10.0 Å². The van der Waals surface area contributed by atoms with Gasteiger partial charge in [-0.3, -0.25) is 0 Å². The first-order valence-electron chi connectivity index (χ1n) is 7.27. The second-order valence-electron chi connectivity index (χ2n) is 5.86. The van der Waals surface area contributed by atoms with E-state index < -0.39 is 10.0 Å². The Bertz CT molecular complexity index is 635. The summed E-state index contributed by atoms with van der Waals surface area (Å²) in [5.41, 5.74) is 6.11. The van der Waals surface area contributed by atoms with Crippen molar-refractivity contribution in [2.75, 3.05) is 18.8 Å². The van der Waals surface area contributed by atoms with E-state index in [1.165, 1.54) is 12.8 Å². The number of nitrogen functional groups attached to an aromatic ring is 1. The van der Waals surface area contributed by atoms with Crippen molar-refractivity contribution < 1.29 is 8.42 Å². The van der Waals surface area contributed by atoms with Gasteiger partial charge in [-0.15, -0.1) is 0 Å². The van der Waals surface area contributed by atoms with E-state index in [-0.39, 0.29) is 16.6 Å². The van der Waals surface area contributed by atoms with E-state index in [0.717, 1.165) is 30.4 Å². The molecule has 0 aliphatic carbocycles. The summed E-state index contributed by atoms with van der Waals surface area (Å²) in [6.07, 6.45) is 4.17. The topological polar surface area (TPSA) is 75.4 Å². The van der Waals surface area contributed by atoms with Crippen LogP contribution in [0.25, 0.3) is 0 Å². The van der Waals surface area contributed by atoms with Crippen LogP contribution in [0.4, 0.5) is 5.69 Å². The predicted octanol–water partition coefficient (Wildman–Crippen LogP) is 1.94. The van der Waals surface area contributed by atoms with Crippen LogP contribution >= 0.6 is 15.9 Å². The van der Waals surface area contributed by atoms with Gasteiger partial charge in [-0.2, -0.15) is 0 Å². The number of hydrogen-bond acceptors (Lipinski definition) is 4. The average Bonchev–Trinajstić information content (AvgIpc) is 2.85. The predicted molar refractivity (Wildman–Crippen MR) is 86.5 cm³/mol. The lowest BCUT2D eigenvalue weighted by Crippen LogP contribution is -2.47. The lowest BCUT2D eigenvalue weighted by atomic mass is 9.99. The Morgan fingerprint density at radius 1 is 1.29 bits per heavy atom. The van der Waals surface area contributed by atoms with E-state index >= 15 is 0 Å². The van der Waals surface area contributed by atoms with Crippen LogP contribution in [0.1, 0.15) is 25.7 Å². The number of nitrogens with two attached hydrogens (primary N) is 1. The molecule has 0 spiro atoms. The Hall–Kier alpha value is -0.630. The van der Waals surface area contributed by atoms with E-state index in [1.54, 1.807) is 18.2 Å². The van der Waals surface area contributed by atoms with Crippen molar-refractivity contribution in [3.63, 3.8) is 0 Å². The summed E-state index contributed by atoms with van der Waals surface area (Å²) >= 11 is 3.29. The Labute approximate surface area is 134 Å². The van der Waals surface area contributed by atoms with Crippen molar-refractivity contribution in [1.82, 2.24) is 9.62 Å². The molecule has 2 atom stereocenters. The molecule has 0 bridgehead atoms. The van der Waals surface area contributed by atoms with Crippen molar-refractivity contribution in [3.8, 4) is 0 Å². The highest BCUT2D eigenvalue weighted by atomic mass is 79.9. The van der Waals surface area contributed by atoms with E-state index in [2.05, 4.69) is 25.6 Å². The number of halogens is 1. The quantitative estimate of drug-likeness (QED) is 0.793. The van der Waals surface area contributed by atoms with Crippen LogP contribution in [0.3, 0.4) is 0 Å². The first kappa shape index (κ1) is 15.3. The molecule has 7 heteroatoms. The summed E-state index contributed by atoms with van der Waals surface area (Å²) in [5.74, 6) is 0. The highest BCUT2D eigenvalue weighted by Crippen LogP contribution is 2.28. The molecule has 1 aromatic carbocycles. The second-order valence-corrected chi connectivity index (χ2v) is 8.45. The number of sulfonamides is 1. The fraction of sp³-hybridized carbons (Fsp3) is 0.571. The van der Waals surface area contributed by atoms with E-state index in [0.29, 0.717) is 6.04 Å². The highest BCUT2D eigenvalue weighted by molar-refractivity contribution is 9.10. The van der Waals surface area contributed by atoms with E-state index in [9.17, 15) is 8.42 Å². The number of hydrogen-bond donors (Lipinski definition) is 2. The fourth-order valence-electron chi connectivity index (χ4n) is 3.38. The maximum atomic E-state index is 12.5. The molecule has 116 valence electrons. The third kappa shape index (κ3) is 3.26. The number of nitrogens with one attached hydrogen (secondary N) is 1. The Balaban J connectivity index is 1.74. The maximum Gasteiger partial charge on any atom is 0.242 e. The molecular weight excluding hydrogens is 354 g/mol. The normalized spacial score (nSPS) is 26.7. The van der Waals surface area contributed by atoms with E-state index in [1.807, 2.05) is 0 Å². The largest absolute Gasteiger partial charge is 0.398 e. The van der Waals surface area contributed by atoms with Gasteiger partial charge in [0.25, 0.3) is 0 Å². The third-order valence-corrected chi connectivity index (χ3v) is 6.49. The molecular formula is C14H20BrN3O2S. The first-order valence-corrected chi connectivity index (χ1v) is 9.55. The minimum atomic E-state index is -3.55. The summed E-state index contributed by atoms with van der Waals surface area (Å²) in [6.45, 7) is 2.14. The van der Waals surface area contributed by atoms with Gasteiger partial charge in [-0.25, -0.2) is 13.1 Å². The summed E-state index contributed by atoms with van der Waals surface area (Å²) < 4.78 is 28.6. The van der Waals surface area contributed by atoms with Crippen molar-refractivity contribution in [3.05, 3.63) is 22.7 Å². The van der Waals surface area contributed by atoms with Gasteiger partial charge >= 0.3 is 0 Å². The van der Waals surface area contributed by atoms with Crippen LogP contribution < -0.4 is 10.5 Å². The lowest BCUT2D eigenvalue weighted by molar-refractivity contribution is 0.176. The maximum absolute atomic E-state index is 12.5. The number of nitrogens with zero attached hydrogens (tertiary/aromatic N) is 1. The Kier molecular flexibility index (Phi) is 4.27. The molecule has 2 heterocycles. The first-order chi connectivity index (χ1) is 9.95. The monoisotopic (exact) mass is 373 g/mol. The SMILES string of the molecule is Nc1cc(Br)ccc1S(=O)(=O)NC1CCN2CCCC2C1. The zero-order valence-electron chi connectivity index (χ0n) is 11.8. The molecule has 2 unspecified atom stereocenters. The van der Waals surface area contributed by atoms with Gasteiger partial charge in [0.15, 0.2) is 0 Å². The van der Waals surface area contributed by atoms with Gasteiger partial charge in [0.2, 0.25) is 10.0 Å². The molecule has 0 amide bonds. The zero-order valence-corrected chi connectivity index (χ0v) is 14.2. The van der Waals surface area contributed by atoms with Crippen LogP contribution in [0.2, 0.25) is 0 Å². The third-order valence-electron chi connectivity index (χ3n) is 4.40. The molecule has 21 heavy (non-hydrogen) atoms. The molecule has 0 saturated carbocycles. The molecule has 2 aliphatic heterocycles. The minimum Gasteiger partial charge on any atom is -0.398 e. The highest BCUT2D eigenvalue weighted by Gasteiger charge is 2.33. The molecule has 3 N–H and O–H groups in total. The molecule has 0 aromatic heterocycles. The van der Waals surface area contributed by atoms with Gasteiger partial charge < -0.3 is 10.6 Å². The van der Waals surface area contributed by atoms with E-state index in [4.69, 9.17) is 5.73 Å². The summed E-state index contributed by atoms with van der Waals surface area (Å²) in [7, 11) is -3.55. The Morgan fingerprint density at radius 3 is 2.86 bits per heavy atom. The molecule has 1 aromatic rings. The summed E-state index contributed by atoms with van der Waals surface area (Å²) in [5, 5.41) is 0. The van der Waals surface area contributed by atoms with Crippen LogP contribution in [-0.4, -0.2) is 38.5 Å². The minimum absolute atomic E-state index is 0.0115.